The third-order valence-corrected chi connectivity index (χ3v) is 2.77. The second-order valence-corrected chi connectivity index (χ2v) is 4.90. The lowest BCUT2D eigenvalue weighted by molar-refractivity contribution is 0.237. The van der Waals surface area contributed by atoms with Crippen molar-refractivity contribution in [2.24, 2.45) is 11.8 Å². The Bertz CT molecular complexity index is 181. The average molecular weight is 228 g/mol. The van der Waals surface area contributed by atoms with Crippen LogP contribution in [0.1, 0.15) is 53.4 Å². The Morgan fingerprint density at radius 3 is 2.25 bits per heavy atom. The van der Waals surface area contributed by atoms with E-state index in [0.29, 0.717) is 11.8 Å². The molecular weight excluding hydrogens is 200 g/mol. The van der Waals surface area contributed by atoms with E-state index in [1.165, 1.54) is 19.3 Å². The summed E-state index contributed by atoms with van der Waals surface area (Å²) < 4.78 is 0. The Morgan fingerprint density at radius 1 is 1.12 bits per heavy atom. The van der Waals surface area contributed by atoms with Gasteiger partial charge in [0.15, 0.2) is 0 Å². The van der Waals surface area contributed by atoms with Gasteiger partial charge in [-0.1, -0.05) is 47.0 Å². The lowest BCUT2D eigenvalue weighted by atomic mass is 9.99. The molecule has 0 radical (unpaired) electrons. The molecule has 0 fully saturated rings. The fraction of sp³-hybridized carbons (Fsp3) is 0.923. The number of carbonyl (C=O) groups is 1. The molecule has 16 heavy (non-hydrogen) atoms. The quantitative estimate of drug-likeness (QED) is 0.658. The van der Waals surface area contributed by atoms with E-state index in [0.717, 1.165) is 19.5 Å². The minimum absolute atomic E-state index is 0.0244. The summed E-state index contributed by atoms with van der Waals surface area (Å²) in [5, 5.41) is 5.82. The van der Waals surface area contributed by atoms with E-state index in [9.17, 15) is 4.79 Å². The minimum atomic E-state index is -0.0244. The van der Waals surface area contributed by atoms with Crippen LogP contribution in [-0.4, -0.2) is 19.1 Å². The molecule has 96 valence electrons. The van der Waals surface area contributed by atoms with Crippen LogP contribution in [0.4, 0.5) is 4.79 Å². The van der Waals surface area contributed by atoms with E-state index >= 15 is 0 Å². The Hall–Kier alpha value is -0.730. The first-order chi connectivity index (χ1) is 7.60. The highest BCUT2D eigenvalue weighted by atomic mass is 16.2. The highest BCUT2D eigenvalue weighted by Gasteiger charge is 2.07. The molecule has 0 aliphatic heterocycles. The largest absolute Gasteiger partial charge is 0.338 e. The summed E-state index contributed by atoms with van der Waals surface area (Å²) in [4.78, 5) is 11.4. The molecule has 3 heteroatoms. The second-order valence-electron chi connectivity index (χ2n) is 4.90. The zero-order valence-corrected chi connectivity index (χ0v) is 11.3. The number of urea groups is 1. The number of nitrogens with one attached hydrogen (secondary N) is 2. The Balaban J connectivity index is 3.62. The fourth-order valence-electron chi connectivity index (χ4n) is 1.54. The summed E-state index contributed by atoms with van der Waals surface area (Å²) in [5.74, 6) is 1.14. The smallest absolute Gasteiger partial charge is 0.314 e. The van der Waals surface area contributed by atoms with Crippen molar-refractivity contribution in [3.63, 3.8) is 0 Å². The van der Waals surface area contributed by atoms with Crippen LogP contribution in [0.15, 0.2) is 0 Å². The van der Waals surface area contributed by atoms with E-state index in [-0.39, 0.29) is 6.03 Å². The molecule has 0 aromatic carbocycles. The summed E-state index contributed by atoms with van der Waals surface area (Å²) in [6.45, 7) is 10.1. The monoisotopic (exact) mass is 228 g/mol. The van der Waals surface area contributed by atoms with Crippen LogP contribution in [-0.2, 0) is 0 Å². The molecule has 3 nitrogen and oxygen atoms in total. The van der Waals surface area contributed by atoms with E-state index in [1.54, 1.807) is 0 Å². The normalized spacial score (nSPS) is 12.6. The fourth-order valence-corrected chi connectivity index (χ4v) is 1.54. The van der Waals surface area contributed by atoms with E-state index in [4.69, 9.17) is 0 Å². The van der Waals surface area contributed by atoms with Crippen molar-refractivity contribution < 1.29 is 4.79 Å². The maximum Gasteiger partial charge on any atom is 0.314 e. The van der Waals surface area contributed by atoms with Crippen molar-refractivity contribution in [1.29, 1.82) is 0 Å². The van der Waals surface area contributed by atoms with Gasteiger partial charge in [0.1, 0.15) is 0 Å². The molecule has 1 atom stereocenters. The molecule has 0 aromatic heterocycles. The first kappa shape index (κ1) is 15.3. The molecule has 0 rings (SSSR count). The van der Waals surface area contributed by atoms with Crippen molar-refractivity contribution in [2.45, 2.75) is 53.4 Å². The lowest BCUT2D eigenvalue weighted by Gasteiger charge is -2.16. The van der Waals surface area contributed by atoms with Gasteiger partial charge in [-0.2, -0.15) is 0 Å². The van der Waals surface area contributed by atoms with Crippen molar-refractivity contribution >= 4 is 6.03 Å². The Labute approximate surface area is 100 Å². The van der Waals surface area contributed by atoms with Crippen molar-refractivity contribution in [3.8, 4) is 0 Å². The molecule has 2 amide bonds. The number of hydrogen-bond acceptors (Lipinski definition) is 1. The van der Waals surface area contributed by atoms with Crippen LogP contribution in [0.5, 0.6) is 0 Å². The third-order valence-electron chi connectivity index (χ3n) is 2.77. The third kappa shape index (κ3) is 8.57. The van der Waals surface area contributed by atoms with Gasteiger partial charge in [-0.15, -0.1) is 0 Å². The summed E-state index contributed by atoms with van der Waals surface area (Å²) >= 11 is 0. The summed E-state index contributed by atoms with van der Waals surface area (Å²) in [7, 11) is 0. The van der Waals surface area contributed by atoms with Crippen molar-refractivity contribution in [3.05, 3.63) is 0 Å². The second kappa shape index (κ2) is 9.49. The first-order valence-corrected chi connectivity index (χ1v) is 6.61. The number of carbonyl (C=O) groups excluding carboxylic acids is 1. The first-order valence-electron chi connectivity index (χ1n) is 6.61. The SMILES string of the molecule is CCCCC(CC)CNC(=O)NCC(C)C. The highest BCUT2D eigenvalue weighted by Crippen LogP contribution is 2.10. The lowest BCUT2D eigenvalue weighted by Crippen LogP contribution is -2.39. The van der Waals surface area contributed by atoms with Gasteiger partial charge in [0, 0.05) is 13.1 Å². The maximum atomic E-state index is 11.4. The van der Waals surface area contributed by atoms with E-state index in [1.807, 2.05) is 0 Å². The van der Waals surface area contributed by atoms with Gasteiger partial charge in [0.05, 0.1) is 0 Å². The van der Waals surface area contributed by atoms with Crippen LogP contribution in [0.3, 0.4) is 0 Å². The van der Waals surface area contributed by atoms with Crippen molar-refractivity contribution in [2.75, 3.05) is 13.1 Å². The molecule has 2 N–H and O–H groups in total. The van der Waals surface area contributed by atoms with Gasteiger partial charge < -0.3 is 10.6 Å². The van der Waals surface area contributed by atoms with E-state index < -0.39 is 0 Å². The molecule has 0 aliphatic rings. The standard InChI is InChI=1S/C13H28N2O/c1-5-7-8-12(6-2)10-15-13(16)14-9-11(3)4/h11-12H,5-10H2,1-4H3,(H2,14,15,16). The van der Waals surface area contributed by atoms with Gasteiger partial charge in [0.25, 0.3) is 0 Å². The Kier molecular flexibility index (Phi) is 9.06. The molecule has 1 unspecified atom stereocenters. The van der Waals surface area contributed by atoms with Crippen molar-refractivity contribution in [1.82, 2.24) is 10.6 Å². The predicted octanol–water partition coefficient (Wildman–Crippen LogP) is 3.16. The summed E-state index contributed by atoms with van der Waals surface area (Å²) in [6.07, 6.45) is 4.85. The minimum Gasteiger partial charge on any atom is -0.338 e. The van der Waals surface area contributed by atoms with Crippen LogP contribution in [0.2, 0.25) is 0 Å². The molecule has 0 aromatic rings. The van der Waals surface area contributed by atoms with Gasteiger partial charge in [-0.05, 0) is 18.3 Å². The summed E-state index contributed by atoms with van der Waals surface area (Å²) in [5.41, 5.74) is 0. The zero-order valence-electron chi connectivity index (χ0n) is 11.3. The van der Waals surface area contributed by atoms with Gasteiger partial charge in [-0.25, -0.2) is 4.79 Å². The van der Waals surface area contributed by atoms with Gasteiger partial charge in [0.2, 0.25) is 0 Å². The van der Waals surface area contributed by atoms with Crippen LogP contribution >= 0.6 is 0 Å². The number of hydrogen-bond donors (Lipinski definition) is 2. The average Bonchev–Trinajstić information content (AvgIpc) is 2.26. The zero-order chi connectivity index (χ0) is 12.4. The summed E-state index contributed by atoms with van der Waals surface area (Å²) in [6, 6.07) is -0.0244. The Morgan fingerprint density at radius 2 is 1.75 bits per heavy atom. The van der Waals surface area contributed by atoms with Gasteiger partial charge >= 0.3 is 6.03 Å². The van der Waals surface area contributed by atoms with Gasteiger partial charge in [-0.3, -0.25) is 0 Å². The number of unbranched alkanes of at least 4 members (excludes halogenated alkanes) is 1. The van der Waals surface area contributed by atoms with E-state index in [2.05, 4.69) is 38.3 Å². The highest BCUT2D eigenvalue weighted by molar-refractivity contribution is 5.73. The van der Waals surface area contributed by atoms with Crippen LogP contribution < -0.4 is 10.6 Å². The molecule has 0 saturated carbocycles. The molecule has 0 spiro atoms. The van der Waals surface area contributed by atoms with Crippen LogP contribution in [0.25, 0.3) is 0 Å². The molecule has 0 saturated heterocycles. The van der Waals surface area contributed by atoms with Crippen LogP contribution in [0, 0.1) is 11.8 Å². The molecule has 0 aliphatic carbocycles. The topological polar surface area (TPSA) is 41.1 Å². The number of rotatable bonds is 8. The molecule has 0 heterocycles. The molecule has 0 bridgehead atoms. The molecular formula is C13H28N2O. The maximum absolute atomic E-state index is 11.4. The predicted molar refractivity (Wildman–Crippen MR) is 69.5 cm³/mol. The number of amides is 2.